The highest BCUT2D eigenvalue weighted by Gasteiger charge is 2.34. The number of aryl methyl sites for hydroxylation is 1. The van der Waals surface area contributed by atoms with E-state index < -0.39 is 18.0 Å². The van der Waals surface area contributed by atoms with Crippen LogP contribution in [0.2, 0.25) is 0 Å². The molecule has 0 aliphatic carbocycles. The summed E-state index contributed by atoms with van der Waals surface area (Å²) in [6.07, 6.45) is 1.54. The lowest BCUT2D eigenvalue weighted by atomic mass is 9.95. The van der Waals surface area contributed by atoms with Crippen LogP contribution in [0.3, 0.4) is 0 Å². The van der Waals surface area contributed by atoms with Gasteiger partial charge in [-0.15, -0.1) is 11.3 Å². The van der Waals surface area contributed by atoms with Gasteiger partial charge in [-0.25, -0.2) is 14.6 Å². The van der Waals surface area contributed by atoms with Gasteiger partial charge in [0.1, 0.15) is 0 Å². The van der Waals surface area contributed by atoms with Crippen LogP contribution >= 0.6 is 22.7 Å². The number of benzene rings is 1. The highest BCUT2D eigenvalue weighted by atomic mass is 32.1. The number of rotatable bonds is 5. The number of esters is 2. The van der Waals surface area contributed by atoms with Crippen LogP contribution in [0.15, 0.2) is 56.8 Å². The first-order valence-electron chi connectivity index (χ1n) is 10.7. The second-order valence-electron chi connectivity index (χ2n) is 8.12. The standard InChI is InChI=1S/C25H24N2O5S2/c1-13(2)32-24(30)20-15(4)26-25-27(21(20)16-6-8-17(9-7-16)23(29)31-5)22(28)19(34-25)12-18-14(3)10-11-33-18/h6-13,21H,1-5H3. The van der Waals surface area contributed by atoms with Crippen LogP contribution in [0.5, 0.6) is 0 Å². The van der Waals surface area contributed by atoms with Gasteiger partial charge in [0.15, 0.2) is 4.80 Å². The molecule has 4 rings (SSSR count). The van der Waals surface area contributed by atoms with Crippen molar-refractivity contribution in [3.8, 4) is 0 Å². The summed E-state index contributed by atoms with van der Waals surface area (Å²) in [6.45, 7) is 7.28. The molecule has 3 heterocycles. The number of fused-ring (bicyclic) bond motifs is 1. The summed E-state index contributed by atoms with van der Waals surface area (Å²) < 4.78 is 12.4. The Hall–Kier alpha value is -3.30. The molecule has 9 heteroatoms. The molecule has 1 atom stereocenters. The third-order valence-corrected chi connectivity index (χ3v) is 7.34. The van der Waals surface area contributed by atoms with Crippen molar-refractivity contribution in [1.29, 1.82) is 0 Å². The lowest BCUT2D eigenvalue weighted by molar-refractivity contribution is -0.143. The molecule has 176 valence electrons. The fourth-order valence-electron chi connectivity index (χ4n) is 3.75. The van der Waals surface area contributed by atoms with Crippen molar-refractivity contribution in [2.75, 3.05) is 7.11 Å². The molecule has 0 N–H and O–H groups in total. The largest absolute Gasteiger partial charge is 0.465 e. The summed E-state index contributed by atoms with van der Waals surface area (Å²) in [5.41, 5.74) is 2.68. The third kappa shape index (κ3) is 4.41. The van der Waals surface area contributed by atoms with Crippen LogP contribution in [0.1, 0.15) is 53.2 Å². The number of ether oxygens (including phenoxy) is 2. The molecular formula is C25H24N2O5S2. The molecule has 3 aromatic rings. The summed E-state index contributed by atoms with van der Waals surface area (Å²) in [4.78, 5) is 44.7. The monoisotopic (exact) mass is 496 g/mol. The predicted molar refractivity (Wildman–Crippen MR) is 132 cm³/mol. The number of nitrogens with zero attached hydrogens (tertiary/aromatic N) is 2. The van der Waals surface area contributed by atoms with Gasteiger partial charge < -0.3 is 9.47 Å². The summed E-state index contributed by atoms with van der Waals surface area (Å²) >= 11 is 2.84. The van der Waals surface area contributed by atoms with Crippen molar-refractivity contribution in [1.82, 2.24) is 4.57 Å². The molecule has 1 aliphatic heterocycles. The summed E-state index contributed by atoms with van der Waals surface area (Å²) in [7, 11) is 1.32. The Morgan fingerprint density at radius 2 is 1.82 bits per heavy atom. The number of thiazole rings is 1. The molecular weight excluding hydrogens is 472 g/mol. The maximum Gasteiger partial charge on any atom is 0.338 e. The fourth-order valence-corrected chi connectivity index (χ4v) is 5.71. The Bertz CT molecular complexity index is 1470. The number of hydrogen-bond donors (Lipinski definition) is 0. The maximum absolute atomic E-state index is 13.6. The Labute approximate surface area is 204 Å². The SMILES string of the molecule is COC(=O)c1ccc(C2C(C(=O)OC(C)C)=C(C)N=c3sc(=Cc4sccc4C)c(=O)n32)cc1. The number of allylic oxidation sites excluding steroid dienone is 1. The topological polar surface area (TPSA) is 87.0 Å². The Morgan fingerprint density at radius 1 is 1.12 bits per heavy atom. The van der Waals surface area contributed by atoms with Crippen LogP contribution < -0.4 is 14.9 Å². The van der Waals surface area contributed by atoms with Crippen molar-refractivity contribution < 1.29 is 19.1 Å². The van der Waals surface area contributed by atoms with E-state index in [4.69, 9.17) is 9.47 Å². The van der Waals surface area contributed by atoms with Crippen LogP contribution in [0, 0.1) is 6.92 Å². The lowest BCUT2D eigenvalue weighted by Crippen LogP contribution is -2.40. The molecule has 0 bridgehead atoms. The van der Waals surface area contributed by atoms with Gasteiger partial charge in [0.25, 0.3) is 5.56 Å². The zero-order valence-electron chi connectivity index (χ0n) is 19.4. The molecule has 2 aromatic heterocycles. The average molecular weight is 497 g/mol. The number of thiophene rings is 1. The van der Waals surface area contributed by atoms with E-state index in [2.05, 4.69) is 4.99 Å². The molecule has 0 amide bonds. The summed E-state index contributed by atoms with van der Waals surface area (Å²) in [5.74, 6) is -0.991. The van der Waals surface area contributed by atoms with Gasteiger partial charge in [-0.3, -0.25) is 9.36 Å². The predicted octanol–water partition coefficient (Wildman–Crippen LogP) is 3.34. The quantitative estimate of drug-likeness (QED) is 0.506. The second kappa shape index (κ2) is 9.52. The highest BCUT2D eigenvalue weighted by molar-refractivity contribution is 7.11. The summed E-state index contributed by atoms with van der Waals surface area (Å²) in [5, 5.41) is 1.98. The number of carbonyl (C=O) groups is 2. The van der Waals surface area contributed by atoms with Gasteiger partial charge in [-0.1, -0.05) is 23.5 Å². The molecule has 1 aliphatic rings. The molecule has 0 saturated carbocycles. The first-order chi connectivity index (χ1) is 16.2. The molecule has 1 aromatic carbocycles. The Kier molecular flexibility index (Phi) is 6.67. The van der Waals surface area contributed by atoms with Crippen molar-refractivity contribution >= 4 is 40.7 Å². The van der Waals surface area contributed by atoms with Gasteiger partial charge in [0.05, 0.1) is 40.6 Å². The lowest BCUT2D eigenvalue weighted by Gasteiger charge is -2.25. The molecule has 0 radical (unpaired) electrons. The van der Waals surface area contributed by atoms with E-state index in [1.807, 2.05) is 24.4 Å². The number of carbonyl (C=O) groups excluding carboxylic acids is 2. The average Bonchev–Trinajstić information content (AvgIpc) is 3.34. The molecule has 1 unspecified atom stereocenters. The van der Waals surface area contributed by atoms with Crippen LogP contribution in [-0.2, 0) is 14.3 Å². The fraction of sp³-hybridized carbons (Fsp3) is 0.280. The van der Waals surface area contributed by atoms with Crippen LogP contribution in [0.4, 0.5) is 0 Å². The van der Waals surface area contributed by atoms with Gasteiger partial charge in [-0.2, -0.15) is 0 Å². The molecule has 0 fully saturated rings. The van der Waals surface area contributed by atoms with Crippen molar-refractivity contribution in [3.05, 3.63) is 88.2 Å². The van der Waals surface area contributed by atoms with E-state index in [0.717, 1.165) is 10.4 Å². The molecule has 7 nitrogen and oxygen atoms in total. The zero-order chi connectivity index (χ0) is 24.6. The number of hydrogen-bond acceptors (Lipinski definition) is 8. The van der Waals surface area contributed by atoms with Gasteiger partial charge in [0.2, 0.25) is 0 Å². The first-order valence-corrected chi connectivity index (χ1v) is 12.4. The maximum atomic E-state index is 13.6. The van der Waals surface area contributed by atoms with Crippen molar-refractivity contribution in [2.45, 2.75) is 39.8 Å². The smallest absolute Gasteiger partial charge is 0.338 e. The minimum atomic E-state index is -0.735. The van der Waals surface area contributed by atoms with Crippen LogP contribution in [-0.4, -0.2) is 29.7 Å². The van der Waals surface area contributed by atoms with E-state index in [0.29, 0.717) is 31.7 Å². The van der Waals surface area contributed by atoms with E-state index in [1.54, 1.807) is 56.4 Å². The zero-order valence-corrected chi connectivity index (χ0v) is 21.1. The number of methoxy groups -OCH3 is 1. The highest BCUT2D eigenvalue weighted by Crippen LogP contribution is 2.31. The van der Waals surface area contributed by atoms with Gasteiger partial charge in [-0.05, 0) is 68.5 Å². The Balaban J connectivity index is 1.93. The van der Waals surface area contributed by atoms with Gasteiger partial charge in [0, 0.05) is 4.88 Å². The normalized spacial score (nSPS) is 15.8. The molecule has 0 saturated heterocycles. The molecule has 34 heavy (non-hydrogen) atoms. The van der Waals surface area contributed by atoms with Gasteiger partial charge >= 0.3 is 11.9 Å². The number of aromatic nitrogens is 1. The van der Waals surface area contributed by atoms with E-state index in [1.165, 1.54) is 23.0 Å². The second-order valence-corrected chi connectivity index (χ2v) is 10.1. The van der Waals surface area contributed by atoms with Crippen molar-refractivity contribution in [3.63, 3.8) is 0 Å². The van der Waals surface area contributed by atoms with Crippen molar-refractivity contribution in [2.24, 2.45) is 4.99 Å². The van der Waals surface area contributed by atoms with E-state index in [-0.39, 0.29) is 11.7 Å². The third-order valence-electron chi connectivity index (χ3n) is 5.40. The molecule has 0 spiro atoms. The first kappa shape index (κ1) is 23.8. The minimum absolute atomic E-state index is 0.235. The summed E-state index contributed by atoms with van der Waals surface area (Å²) in [6, 6.07) is 7.95. The van der Waals surface area contributed by atoms with E-state index >= 15 is 0 Å². The van der Waals surface area contributed by atoms with E-state index in [9.17, 15) is 14.4 Å². The van der Waals surface area contributed by atoms with Crippen LogP contribution in [0.25, 0.3) is 6.08 Å². The Morgan fingerprint density at radius 3 is 2.41 bits per heavy atom. The minimum Gasteiger partial charge on any atom is -0.465 e.